The SMILES string of the molecule is O=[C](CCl)[Sn][CH2]NC(=O)c1ccccc1. The topological polar surface area (TPSA) is 46.2 Å². The van der Waals surface area contributed by atoms with Crippen molar-refractivity contribution in [2.45, 2.75) is 0 Å². The number of hydrogen-bond donors (Lipinski definition) is 1. The molecule has 0 heterocycles. The van der Waals surface area contributed by atoms with Crippen LogP contribution >= 0.6 is 11.6 Å². The van der Waals surface area contributed by atoms with Gasteiger partial charge in [-0.15, -0.1) is 0 Å². The molecule has 1 amide bonds. The van der Waals surface area contributed by atoms with E-state index in [1.54, 1.807) is 24.3 Å². The molecular weight excluding hydrogens is 320 g/mol. The summed E-state index contributed by atoms with van der Waals surface area (Å²) in [7, 11) is 0. The van der Waals surface area contributed by atoms with Gasteiger partial charge >= 0.3 is 104 Å². The average molecular weight is 330 g/mol. The Hall–Kier alpha value is -0.551. The van der Waals surface area contributed by atoms with Gasteiger partial charge in [-0.25, -0.2) is 0 Å². The normalized spacial score (nSPS) is 9.67. The van der Waals surface area contributed by atoms with Gasteiger partial charge in [0.15, 0.2) is 0 Å². The first-order valence-electron chi connectivity index (χ1n) is 4.40. The van der Waals surface area contributed by atoms with Crippen molar-refractivity contribution in [3.05, 3.63) is 35.9 Å². The summed E-state index contributed by atoms with van der Waals surface area (Å²) >= 11 is 4.18. The van der Waals surface area contributed by atoms with E-state index in [0.29, 0.717) is 10.1 Å². The van der Waals surface area contributed by atoms with E-state index in [4.69, 9.17) is 11.6 Å². The van der Waals surface area contributed by atoms with Crippen LogP contribution in [0.25, 0.3) is 0 Å². The van der Waals surface area contributed by atoms with Gasteiger partial charge in [0.05, 0.1) is 0 Å². The Bertz CT molecular complexity index is 343. The molecule has 0 aliphatic carbocycles. The number of alkyl halides is 1. The fraction of sp³-hybridized carbons (Fsp3) is 0.200. The quantitative estimate of drug-likeness (QED) is 0.642. The molecular formula is C10H10ClNO2Sn. The van der Waals surface area contributed by atoms with Gasteiger partial charge in [0, 0.05) is 0 Å². The molecule has 2 radical (unpaired) electrons. The van der Waals surface area contributed by atoms with Gasteiger partial charge in [0.1, 0.15) is 0 Å². The third-order valence-corrected chi connectivity index (χ3v) is 5.21. The van der Waals surface area contributed by atoms with Crippen molar-refractivity contribution in [2.75, 3.05) is 10.4 Å². The van der Waals surface area contributed by atoms with Crippen molar-refractivity contribution in [3.8, 4) is 0 Å². The molecule has 0 saturated carbocycles. The summed E-state index contributed by atoms with van der Waals surface area (Å²) in [5, 5.41) is 2.72. The summed E-state index contributed by atoms with van der Waals surface area (Å²) in [6.07, 6.45) is 0. The van der Waals surface area contributed by atoms with Crippen LogP contribution in [0.3, 0.4) is 0 Å². The molecule has 0 saturated heterocycles. The number of benzene rings is 1. The van der Waals surface area contributed by atoms with Gasteiger partial charge in [0.2, 0.25) is 0 Å². The van der Waals surface area contributed by atoms with E-state index in [2.05, 4.69) is 5.32 Å². The van der Waals surface area contributed by atoms with Crippen LogP contribution in [0, 0.1) is 0 Å². The first-order chi connectivity index (χ1) is 7.24. The fourth-order valence-corrected chi connectivity index (χ4v) is 3.14. The number of hydrogen-bond acceptors (Lipinski definition) is 2. The summed E-state index contributed by atoms with van der Waals surface area (Å²) < 4.78 is 0.608. The zero-order valence-electron chi connectivity index (χ0n) is 8.00. The van der Waals surface area contributed by atoms with E-state index in [-0.39, 0.29) is 15.6 Å². The second kappa shape index (κ2) is 6.85. The first-order valence-corrected chi connectivity index (χ1v) is 8.38. The molecule has 5 heteroatoms. The van der Waals surface area contributed by atoms with Crippen LogP contribution in [0.2, 0.25) is 0 Å². The van der Waals surface area contributed by atoms with E-state index in [1.807, 2.05) is 6.07 Å². The molecule has 78 valence electrons. The van der Waals surface area contributed by atoms with Crippen molar-refractivity contribution < 1.29 is 9.59 Å². The van der Waals surface area contributed by atoms with Crippen molar-refractivity contribution in [2.24, 2.45) is 0 Å². The van der Waals surface area contributed by atoms with Gasteiger partial charge in [-0.2, -0.15) is 0 Å². The van der Waals surface area contributed by atoms with Crippen molar-refractivity contribution in [1.29, 1.82) is 0 Å². The summed E-state index contributed by atoms with van der Waals surface area (Å²) in [6, 6.07) is 8.94. The Morgan fingerprint density at radius 1 is 1.27 bits per heavy atom. The third-order valence-electron chi connectivity index (χ3n) is 1.69. The predicted molar refractivity (Wildman–Crippen MR) is 60.3 cm³/mol. The monoisotopic (exact) mass is 331 g/mol. The molecule has 15 heavy (non-hydrogen) atoms. The second-order valence-electron chi connectivity index (χ2n) is 2.78. The number of nitrogens with one attached hydrogen (secondary N) is 1. The maximum atomic E-state index is 11.5. The van der Waals surface area contributed by atoms with Crippen LogP contribution in [0.4, 0.5) is 0 Å². The fourth-order valence-electron chi connectivity index (χ4n) is 0.962. The number of carbonyl (C=O) groups is 2. The molecule has 0 unspecified atom stereocenters. The van der Waals surface area contributed by atoms with Gasteiger partial charge in [-0.05, 0) is 0 Å². The van der Waals surface area contributed by atoms with Crippen LogP contribution < -0.4 is 5.32 Å². The molecule has 0 aromatic heterocycles. The van der Waals surface area contributed by atoms with Gasteiger partial charge in [0.25, 0.3) is 0 Å². The third kappa shape index (κ3) is 4.66. The van der Waals surface area contributed by atoms with Gasteiger partial charge in [-0.1, -0.05) is 0 Å². The van der Waals surface area contributed by atoms with E-state index < -0.39 is 21.1 Å². The van der Waals surface area contributed by atoms with E-state index in [1.165, 1.54) is 0 Å². The van der Waals surface area contributed by atoms with Crippen molar-refractivity contribution >= 4 is 42.4 Å². The zero-order chi connectivity index (χ0) is 11.1. The number of amides is 1. The molecule has 1 aromatic rings. The molecule has 0 aliphatic heterocycles. The Labute approximate surface area is 103 Å². The number of carbonyl (C=O) groups excluding carboxylic acids is 2. The van der Waals surface area contributed by atoms with Crippen LogP contribution in [0.1, 0.15) is 10.4 Å². The molecule has 3 nitrogen and oxygen atoms in total. The summed E-state index contributed by atoms with van der Waals surface area (Å²) in [4.78, 5) is 22.4. The maximum absolute atomic E-state index is 11.5. The molecule has 1 aromatic carbocycles. The molecule has 0 bridgehead atoms. The second-order valence-corrected chi connectivity index (χ2v) is 6.66. The van der Waals surface area contributed by atoms with E-state index >= 15 is 0 Å². The Morgan fingerprint density at radius 2 is 1.93 bits per heavy atom. The van der Waals surface area contributed by atoms with Gasteiger partial charge < -0.3 is 0 Å². The Morgan fingerprint density at radius 3 is 2.53 bits per heavy atom. The molecule has 1 N–H and O–H groups in total. The number of halogens is 1. The van der Waals surface area contributed by atoms with Crippen molar-refractivity contribution in [3.63, 3.8) is 0 Å². The number of rotatable bonds is 5. The van der Waals surface area contributed by atoms with Crippen LogP contribution in [-0.2, 0) is 4.79 Å². The van der Waals surface area contributed by atoms with Crippen molar-refractivity contribution in [1.82, 2.24) is 5.32 Å². The zero-order valence-corrected chi connectivity index (χ0v) is 11.6. The summed E-state index contributed by atoms with van der Waals surface area (Å²) in [5.41, 5.74) is 0.621. The van der Waals surface area contributed by atoms with Gasteiger partial charge in [-0.3, -0.25) is 0 Å². The minimum absolute atomic E-state index is 0.0768. The van der Waals surface area contributed by atoms with Crippen LogP contribution in [-0.4, -0.2) is 41.3 Å². The molecule has 0 aliphatic rings. The molecule has 0 spiro atoms. The van der Waals surface area contributed by atoms with Crippen LogP contribution in [0.15, 0.2) is 30.3 Å². The Balaban J connectivity index is 2.34. The standard InChI is InChI=1S/C8H8NO.C2H2ClO.Sn/c1-9-8(10)7-5-3-2-4-6-7;3-1-2-4;/h2-6H,1H2,(H,9,10);1H2;. The molecule has 0 fully saturated rings. The predicted octanol–water partition coefficient (Wildman–Crippen LogP) is 0.844. The molecule has 1 rings (SSSR count). The Kier molecular flexibility index (Phi) is 5.71. The van der Waals surface area contributed by atoms with E-state index in [9.17, 15) is 9.59 Å². The molecule has 0 atom stereocenters. The summed E-state index contributed by atoms with van der Waals surface area (Å²) in [6.45, 7) is 0. The van der Waals surface area contributed by atoms with Crippen LogP contribution in [0.5, 0.6) is 0 Å². The minimum atomic E-state index is -1.18. The van der Waals surface area contributed by atoms with E-state index in [0.717, 1.165) is 0 Å². The first kappa shape index (κ1) is 12.5. The average Bonchev–Trinajstić information content (AvgIpc) is 2.29. The summed E-state index contributed by atoms with van der Waals surface area (Å²) in [5.74, 6) is -0.0493.